The zero-order valence-corrected chi connectivity index (χ0v) is 12.7. The molecular formula is C15H17N3O5. The Hall–Kier alpha value is -2.45. The van der Waals surface area contributed by atoms with Crippen LogP contribution in [0, 0.1) is 0 Å². The van der Waals surface area contributed by atoms with Crippen molar-refractivity contribution in [3.8, 4) is 0 Å². The highest BCUT2D eigenvalue weighted by atomic mass is 16.3. The molecule has 0 fully saturated rings. The highest BCUT2D eigenvalue weighted by Gasteiger charge is 2.43. The largest absolute Gasteiger partial charge is 0.395 e. The molecule has 1 aromatic heterocycles. The summed E-state index contributed by atoms with van der Waals surface area (Å²) in [6.07, 6.45) is -1.12. The number of aromatic nitrogens is 1. The molecule has 0 saturated heterocycles. The number of nitrogens with two attached hydrogens (primary N) is 1. The smallest absolute Gasteiger partial charge is 0.217 e. The number of aliphatic hydroxyl groups is 2. The van der Waals surface area contributed by atoms with Gasteiger partial charge in [-0.3, -0.25) is 14.4 Å². The standard InChI is InChI=1S/C15H17N3O5/c1-5-10(16)15(23)9-7(4-19)11-14(22)8(17-6(2)20)3-18(11)12(9)13(5)21/h8,14,19,22H,3-4,16H2,1-2H3,(H,17,20). The zero-order chi connectivity index (χ0) is 17.0. The number of nitrogens with one attached hydrogen (secondary N) is 1. The second-order valence-electron chi connectivity index (χ2n) is 5.80. The molecule has 1 aliphatic heterocycles. The Morgan fingerprint density at radius 1 is 1.39 bits per heavy atom. The second-order valence-corrected chi connectivity index (χ2v) is 5.80. The van der Waals surface area contributed by atoms with Crippen LogP contribution in [-0.2, 0) is 17.9 Å². The maximum Gasteiger partial charge on any atom is 0.217 e. The van der Waals surface area contributed by atoms with E-state index >= 15 is 0 Å². The maximum atomic E-state index is 12.5. The van der Waals surface area contributed by atoms with E-state index in [-0.39, 0.29) is 46.2 Å². The molecule has 1 aliphatic carbocycles. The molecule has 2 atom stereocenters. The number of carbonyl (C=O) groups excluding carboxylic acids is 3. The number of allylic oxidation sites excluding steroid dienone is 2. The van der Waals surface area contributed by atoms with E-state index in [1.165, 1.54) is 18.4 Å². The van der Waals surface area contributed by atoms with Gasteiger partial charge in [-0.2, -0.15) is 0 Å². The molecule has 2 unspecified atom stereocenters. The SMILES string of the molecule is CC(=O)NC1Cn2c3c(c(CO)c2C1O)C(=O)C(N)=C(C)C3=O. The summed E-state index contributed by atoms with van der Waals surface area (Å²) < 4.78 is 1.50. The van der Waals surface area contributed by atoms with Crippen LogP contribution in [0.2, 0.25) is 0 Å². The molecule has 0 bridgehead atoms. The topological polar surface area (TPSA) is 135 Å². The van der Waals surface area contributed by atoms with Gasteiger partial charge >= 0.3 is 0 Å². The molecular weight excluding hydrogens is 302 g/mol. The molecule has 1 amide bonds. The molecule has 1 aromatic rings. The number of hydrogen-bond acceptors (Lipinski definition) is 6. The number of carbonyl (C=O) groups is 3. The van der Waals surface area contributed by atoms with Crippen LogP contribution >= 0.6 is 0 Å². The summed E-state index contributed by atoms with van der Waals surface area (Å²) in [6, 6.07) is -0.621. The van der Waals surface area contributed by atoms with Gasteiger partial charge in [0.2, 0.25) is 17.5 Å². The first-order chi connectivity index (χ1) is 10.8. The van der Waals surface area contributed by atoms with Gasteiger partial charge < -0.3 is 25.8 Å². The van der Waals surface area contributed by atoms with Gasteiger partial charge in [-0.25, -0.2) is 0 Å². The van der Waals surface area contributed by atoms with Crippen LogP contribution in [0.15, 0.2) is 11.3 Å². The summed E-state index contributed by atoms with van der Waals surface area (Å²) >= 11 is 0. The maximum absolute atomic E-state index is 12.5. The molecule has 0 spiro atoms. The van der Waals surface area contributed by atoms with Crippen molar-refractivity contribution in [3.05, 3.63) is 33.8 Å². The summed E-state index contributed by atoms with van der Waals surface area (Å²) in [5, 5.41) is 22.7. The molecule has 0 saturated carbocycles. The molecule has 3 rings (SSSR count). The zero-order valence-electron chi connectivity index (χ0n) is 12.7. The van der Waals surface area contributed by atoms with Gasteiger partial charge in [-0.05, 0) is 6.92 Å². The Morgan fingerprint density at radius 3 is 2.61 bits per heavy atom. The average Bonchev–Trinajstić information content (AvgIpc) is 2.97. The number of rotatable bonds is 2. The molecule has 5 N–H and O–H groups in total. The minimum Gasteiger partial charge on any atom is -0.395 e. The van der Waals surface area contributed by atoms with Crippen molar-refractivity contribution in [1.29, 1.82) is 0 Å². The summed E-state index contributed by atoms with van der Waals surface area (Å²) in [5.74, 6) is -1.25. The highest BCUT2D eigenvalue weighted by molar-refractivity contribution is 6.26. The van der Waals surface area contributed by atoms with Gasteiger partial charge in [-0.15, -0.1) is 0 Å². The average molecular weight is 319 g/mol. The third kappa shape index (κ3) is 1.95. The van der Waals surface area contributed by atoms with E-state index in [4.69, 9.17) is 5.73 Å². The summed E-state index contributed by atoms with van der Waals surface area (Å²) in [5.41, 5.74) is 6.33. The van der Waals surface area contributed by atoms with Crippen molar-refractivity contribution in [1.82, 2.24) is 9.88 Å². The Morgan fingerprint density at radius 2 is 2.04 bits per heavy atom. The molecule has 0 aromatic carbocycles. The van der Waals surface area contributed by atoms with E-state index in [1.54, 1.807) is 0 Å². The number of hydrogen-bond donors (Lipinski definition) is 4. The molecule has 8 nitrogen and oxygen atoms in total. The quantitative estimate of drug-likeness (QED) is 0.560. The van der Waals surface area contributed by atoms with E-state index in [2.05, 4.69) is 5.32 Å². The van der Waals surface area contributed by atoms with Crippen molar-refractivity contribution in [3.63, 3.8) is 0 Å². The molecule has 122 valence electrons. The van der Waals surface area contributed by atoms with E-state index < -0.39 is 30.3 Å². The Bertz CT molecular complexity index is 790. The normalized spacial score (nSPS) is 23.1. The number of nitrogens with zero attached hydrogens (tertiary/aromatic N) is 1. The van der Waals surface area contributed by atoms with Crippen LogP contribution in [0.25, 0.3) is 0 Å². The lowest BCUT2D eigenvalue weighted by molar-refractivity contribution is -0.120. The first kappa shape index (κ1) is 15.4. The first-order valence-electron chi connectivity index (χ1n) is 7.16. The van der Waals surface area contributed by atoms with Gasteiger partial charge in [0.1, 0.15) is 11.8 Å². The lowest BCUT2D eigenvalue weighted by Gasteiger charge is -2.19. The first-order valence-corrected chi connectivity index (χ1v) is 7.16. The lowest BCUT2D eigenvalue weighted by Crippen LogP contribution is -2.37. The van der Waals surface area contributed by atoms with Crippen molar-refractivity contribution in [2.75, 3.05) is 0 Å². The molecule has 23 heavy (non-hydrogen) atoms. The summed E-state index contributed by atoms with van der Waals surface area (Å²) in [7, 11) is 0. The number of amides is 1. The van der Waals surface area contributed by atoms with E-state index in [9.17, 15) is 24.6 Å². The third-order valence-electron chi connectivity index (χ3n) is 4.43. The minimum atomic E-state index is -1.12. The second kappa shape index (κ2) is 5.04. The fourth-order valence-electron chi connectivity index (χ4n) is 3.34. The van der Waals surface area contributed by atoms with Crippen LogP contribution in [-0.4, -0.2) is 38.3 Å². The summed E-state index contributed by atoms with van der Waals surface area (Å²) in [4.78, 5) is 36.2. The molecule has 0 radical (unpaired) electrons. The van der Waals surface area contributed by atoms with Gasteiger partial charge in [-0.1, -0.05) is 0 Å². The fraction of sp³-hybridized carbons (Fsp3) is 0.400. The van der Waals surface area contributed by atoms with Crippen LogP contribution < -0.4 is 11.1 Å². The Labute approximate surface area is 131 Å². The lowest BCUT2D eigenvalue weighted by atomic mass is 9.89. The van der Waals surface area contributed by atoms with Crippen molar-refractivity contribution < 1.29 is 24.6 Å². The van der Waals surface area contributed by atoms with Crippen LogP contribution in [0.3, 0.4) is 0 Å². The number of Topliss-reactive ketones (excluding diaryl/α,β-unsaturated/α-hetero) is 2. The third-order valence-corrected chi connectivity index (χ3v) is 4.43. The minimum absolute atomic E-state index is 0.0518. The number of fused-ring (bicyclic) bond motifs is 3. The van der Waals surface area contributed by atoms with Crippen molar-refractivity contribution in [2.24, 2.45) is 5.73 Å². The van der Waals surface area contributed by atoms with Crippen LogP contribution in [0.1, 0.15) is 52.1 Å². The molecule has 2 heterocycles. The van der Waals surface area contributed by atoms with Crippen molar-refractivity contribution >= 4 is 17.5 Å². The predicted octanol–water partition coefficient (Wildman–Crippen LogP) is -0.856. The van der Waals surface area contributed by atoms with Crippen molar-refractivity contribution in [2.45, 2.75) is 39.1 Å². The number of aliphatic hydroxyl groups excluding tert-OH is 2. The van der Waals surface area contributed by atoms with E-state index in [0.717, 1.165) is 0 Å². The van der Waals surface area contributed by atoms with Crippen LogP contribution in [0.4, 0.5) is 0 Å². The van der Waals surface area contributed by atoms with Crippen LogP contribution in [0.5, 0.6) is 0 Å². The van der Waals surface area contributed by atoms with E-state index in [0.29, 0.717) is 0 Å². The number of ketones is 2. The van der Waals surface area contributed by atoms with Gasteiger partial charge in [0.25, 0.3) is 0 Å². The van der Waals surface area contributed by atoms with Gasteiger partial charge in [0.15, 0.2) is 0 Å². The molecule has 2 aliphatic rings. The highest BCUT2D eigenvalue weighted by Crippen LogP contribution is 2.39. The van der Waals surface area contributed by atoms with Gasteiger partial charge in [0.05, 0.1) is 29.6 Å². The predicted molar refractivity (Wildman–Crippen MR) is 78.5 cm³/mol. The van der Waals surface area contributed by atoms with Gasteiger partial charge in [0, 0.05) is 24.6 Å². The molecule has 8 heteroatoms. The monoisotopic (exact) mass is 319 g/mol. The fourth-order valence-corrected chi connectivity index (χ4v) is 3.34. The van der Waals surface area contributed by atoms with E-state index in [1.807, 2.05) is 0 Å². The summed E-state index contributed by atoms with van der Waals surface area (Å²) in [6.45, 7) is 2.42. The Kier molecular flexibility index (Phi) is 3.38. The Balaban J connectivity index is 2.20.